The van der Waals surface area contributed by atoms with Crippen LogP contribution in [0.5, 0.6) is 5.75 Å². The average Bonchev–Trinajstić information content (AvgIpc) is 2.06. The predicted molar refractivity (Wildman–Crippen MR) is 51.2 cm³/mol. The van der Waals surface area contributed by atoms with Crippen molar-refractivity contribution >= 4 is 62.2 Å². The molecule has 0 aliphatic rings. The maximum atomic E-state index is 11.2. The first kappa shape index (κ1) is 10.2. The SMILES string of the molecule is [KH].[O]c1cccc2ccccc12. The van der Waals surface area contributed by atoms with Gasteiger partial charge in [-0.2, -0.15) is 0 Å². The summed E-state index contributed by atoms with van der Waals surface area (Å²) < 4.78 is 0. The predicted octanol–water partition coefficient (Wildman–Crippen LogP) is 2.34. The summed E-state index contributed by atoms with van der Waals surface area (Å²) in [4.78, 5) is 0. The van der Waals surface area contributed by atoms with Crippen molar-refractivity contribution in [2.24, 2.45) is 0 Å². The Morgan fingerprint density at radius 3 is 2.25 bits per heavy atom. The molecule has 0 aromatic heterocycles. The zero-order valence-electron chi connectivity index (χ0n) is 5.95. The van der Waals surface area contributed by atoms with E-state index >= 15 is 0 Å². The molecule has 2 aromatic carbocycles. The van der Waals surface area contributed by atoms with Gasteiger partial charge in [-0.25, -0.2) is 0 Å². The van der Waals surface area contributed by atoms with E-state index < -0.39 is 0 Å². The van der Waals surface area contributed by atoms with Gasteiger partial charge in [-0.15, -0.1) is 0 Å². The minimum absolute atomic E-state index is 0. The molecular weight excluding hydrogens is 175 g/mol. The van der Waals surface area contributed by atoms with E-state index in [9.17, 15) is 5.11 Å². The fourth-order valence-corrected chi connectivity index (χ4v) is 1.20. The van der Waals surface area contributed by atoms with E-state index in [1.54, 1.807) is 12.1 Å². The normalized spacial score (nSPS) is 9.33. The first-order valence-electron chi connectivity index (χ1n) is 3.53. The second kappa shape index (κ2) is 4.39. The van der Waals surface area contributed by atoms with Crippen molar-refractivity contribution in [1.82, 2.24) is 0 Å². The summed E-state index contributed by atoms with van der Waals surface area (Å²) in [6.07, 6.45) is 0. The second-order valence-electron chi connectivity index (χ2n) is 2.48. The van der Waals surface area contributed by atoms with Crippen LogP contribution in [0.3, 0.4) is 0 Å². The Bertz CT molecular complexity index is 379. The molecule has 2 heteroatoms. The zero-order valence-corrected chi connectivity index (χ0v) is 5.95. The van der Waals surface area contributed by atoms with Crippen LogP contribution >= 0.6 is 0 Å². The third-order valence-corrected chi connectivity index (χ3v) is 1.75. The third-order valence-electron chi connectivity index (χ3n) is 1.75. The Hall–Kier alpha value is 0.136. The molecule has 0 aliphatic carbocycles. The number of hydrogen-bond donors (Lipinski definition) is 0. The third kappa shape index (κ3) is 1.89. The van der Waals surface area contributed by atoms with Crippen LogP contribution in [0.15, 0.2) is 42.5 Å². The fourth-order valence-electron chi connectivity index (χ4n) is 1.20. The molecular formula is C10H8KO. The van der Waals surface area contributed by atoms with Gasteiger partial charge in [0.25, 0.3) is 0 Å². The second-order valence-corrected chi connectivity index (χ2v) is 2.48. The molecule has 12 heavy (non-hydrogen) atoms. The van der Waals surface area contributed by atoms with Crippen molar-refractivity contribution < 1.29 is 5.11 Å². The molecule has 0 atom stereocenters. The van der Waals surface area contributed by atoms with E-state index in [0.29, 0.717) is 0 Å². The van der Waals surface area contributed by atoms with Gasteiger partial charge in [-0.05, 0) is 11.5 Å². The molecule has 1 nitrogen and oxygen atoms in total. The van der Waals surface area contributed by atoms with Gasteiger partial charge in [0.05, 0.1) is 0 Å². The summed E-state index contributed by atoms with van der Waals surface area (Å²) in [5.41, 5.74) is 0. The zero-order chi connectivity index (χ0) is 7.68. The smallest absolute Gasteiger partial charge is 0.186 e. The van der Waals surface area contributed by atoms with Gasteiger partial charge in [0.2, 0.25) is 0 Å². The first-order chi connectivity index (χ1) is 5.38. The van der Waals surface area contributed by atoms with Crippen molar-refractivity contribution in [2.75, 3.05) is 0 Å². The van der Waals surface area contributed by atoms with Gasteiger partial charge in [-0.3, -0.25) is 5.11 Å². The molecule has 0 fully saturated rings. The van der Waals surface area contributed by atoms with E-state index in [0.717, 1.165) is 10.8 Å². The van der Waals surface area contributed by atoms with Crippen molar-refractivity contribution in [3.63, 3.8) is 0 Å². The average molecular weight is 183 g/mol. The van der Waals surface area contributed by atoms with E-state index in [1.165, 1.54) is 0 Å². The molecule has 2 aromatic rings. The van der Waals surface area contributed by atoms with Crippen molar-refractivity contribution in [3.8, 4) is 5.75 Å². The number of hydrogen-bond acceptors (Lipinski definition) is 0. The van der Waals surface area contributed by atoms with E-state index in [1.807, 2.05) is 30.3 Å². The summed E-state index contributed by atoms with van der Waals surface area (Å²) in [7, 11) is 0. The van der Waals surface area contributed by atoms with Gasteiger partial charge < -0.3 is 0 Å². The molecule has 55 valence electrons. The maximum Gasteiger partial charge on any atom is 0.186 e. The standard InChI is InChI=1S/C10H7O.K.H/c11-10-7-3-5-8-4-1-2-6-9(8)10;;/h1-7H;;. The minimum Gasteiger partial charge on any atom is -0.289 e. The van der Waals surface area contributed by atoms with Crippen LogP contribution in [-0.2, 0) is 5.11 Å². The molecule has 2 rings (SSSR count). The van der Waals surface area contributed by atoms with Crippen molar-refractivity contribution in [1.29, 1.82) is 0 Å². The summed E-state index contributed by atoms with van der Waals surface area (Å²) in [5.74, 6) is 0.100. The number of fused-ring (bicyclic) bond motifs is 1. The van der Waals surface area contributed by atoms with Crippen LogP contribution in [-0.4, -0.2) is 51.4 Å². The number of benzene rings is 2. The van der Waals surface area contributed by atoms with Crippen molar-refractivity contribution in [3.05, 3.63) is 42.5 Å². The summed E-state index contributed by atoms with van der Waals surface area (Å²) in [6.45, 7) is 0. The molecule has 0 saturated carbocycles. The molecule has 0 aliphatic heterocycles. The Kier molecular flexibility index (Phi) is 3.74. The quantitative estimate of drug-likeness (QED) is 0.559. The Morgan fingerprint density at radius 1 is 0.833 bits per heavy atom. The molecule has 0 unspecified atom stereocenters. The summed E-state index contributed by atoms with van der Waals surface area (Å²) in [5, 5.41) is 13.0. The van der Waals surface area contributed by atoms with Gasteiger partial charge in [-0.1, -0.05) is 36.4 Å². The largest absolute Gasteiger partial charge is 0.289 e. The van der Waals surface area contributed by atoms with Crippen LogP contribution in [0, 0.1) is 0 Å². The molecule has 0 spiro atoms. The van der Waals surface area contributed by atoms with Gasteiger partial charge in [0.1, 0.15) is 0 Å². The van der Waals surface area contributed by atoms with E-state index in [4.69, 9.17) is 0 Å². The van der Waals surface area contributed by atoms with Crippen LogP contribution in [0.1, 0.15) is 0 Å². The topological polar surface area (TPSA) is 19.9 Å². The molecule has 0 saturated heterocycles. The van der Waals surface area contributed by atoms with Gasteiger partial charge >= 0.3 is 51.4 Å². The molecule has 0 amide bonds. The molecule has 1 radical (unpaired) electrons. The molecule has 0 N–H and O–H groups in total. The number of rotatable bonds is 0. The van der Waals surface area contributed by atoms with Gasteiger partial charge in [0.15, 0.2) is 5.75 Å². The Balaban J connectivity index is 0.000000720. The van der Waals surface area contributed by atoms with Crippen molar-refractivity contribution in [2.45, 2.75) is 0 Å². The van der Waals surface area contributed by atoms with E-state index in [-0.39, 0.29) is 57.1 Å². The summed E-state index contributed by atoms with van der Waals surface area (Å²) in [6, 6.07) is 12.9. The molecule has 0 heterocycles. The monoisotopic (exact) mass is 183 g/mol. The fraction of sp³-hybridized carbons (Fsp3) is 0. The van der Waals surface area contributed by atoms with Gasteiger partial charge in [0, 0.05) is 5.39 Å². The first-order valence-corrected chi connectivity index (χ1v) is 3.53. The van der Waals surface area contributed by atoms with Crippen LogP contribution in [0.25, 0.3) is 10.8 Å². The van der Waals surface area contributed by atoms with Crippen LogP contribution < -0.4 is 0 Å². The molecule has 0 bridgehead atoms. The van der Waals surface area contributed by atoms with Crippen LogP contribution in [0.2, 0.25) is 0 Å². The Morgan fingerprint density at radius 2 is 1.50 bits per heavy atom. The maximum absolute atomic E-state index is 11.2. The minimum atomic E-state index is 0. The summed E-state index contributed by atoms with van der Waals surface area (Å²) >= 11 is 0. The van der Waals surface area contributed by atoms with Crippen LogP contribution in [0.4, 0.5) is 0 Å². The Labute approximate surface area is 114 Å². The van der Waals surface area contributed by atoms with E-state index in [2.05, 4.69) is 0 Å².